The van der Waals surface area contributed by atoms with Gasteiger partial charge in [0.15, 0.2) is 0 Å². The molecule has 0 heterocycles. The van der Waals surface area contributed by atoms with Gasteiger partial charge in [0.25, 0.3) is 5.69 Å². The number of nitro benzene ring substituents is 1. The maximum atomic E-state index is 10.9. The van der Waals surface area contributed by atoms with Gasteiger partial charge < -0.3 is 9.84 Å². The highest BCUT2D eigenvalue weighted by atomic mass is 79.9. The van der Waals surface area contributed by atoms with Crippen LogP contribution in [0.2, 0.25) is 0 Å². The molecule has 0 aromatic heterocycles. The first kappa shape index (κ1) is 15.5. The van der Waals surface area contributed by atoms with E-state index >= 15 is 0 Å². The zero-order valence-corrected chi connectivity index (χ0v) is 12.7. The van der Waals surface area contributed by atoms with E-state index in [9.17, 15) is 10.1 Å². The second-order valence-corrected chi connectivity index (χ2v) is 5.17. The largest absolute Gasteiger partial charge is 0.489 e. The van der Waals surface area contributed by atoms with Crippen molar-refractivity contribution < 1.29 is 14.8 Å². The summed E-state index contributed by atoms with van der Waals surface area (Å²) in [6, 6.07) is 12.3. The van der Waals surface area contributed by atoms with Crippen molar-refractivity contribution in [2.24, 2.45) is 0 Å². The van der Waals surface area contributed by atoms with Gasteiger partial charge in [-0.2, -0.15) is 0 Å². The van der Waals surface area contributed by atoms with E-state index in [4.69, 9.17) is 9.84 Å². The lowest BCUT2D eigenvalue weighted by Crippen LogP contribution is -2.02. The fourth-order valence-electron chi connectivity index (χ4n) is 1.95. The summed E-state index contributed by atoms with van der Waals surface area (Å²) < 4.78 is 6.15. The van der Waals surface area contributed by atoms with Crippen LogP contribution < -0.4 is 4.74 Å². The van der Waals surface area contributed by atoms with Crippen LogP contribution in [0.4, 0.5) is 5.69 Å². The van der Waals surface area contributed by atoms with Crippen molar-refractivity contribution in [2.45, 2.75) is 13.0 Å². The Balaban J connectivity index is 2.17. The molecule has 0 amide bonds. The number of halogens is 1. The fourth-order valence-corrected chi connectivity index (χ4v) is 2.47. The Bertz CT molecular complexity index is 645. The molecule has 0 spiro atoms. The minimum Gasteiger partial charge on any atom is -0.489 e. The maximum Gasteiger partial charge on any atom is 0.283 e. The van der Waals surface area contributed by atoms with E-state index < -0.39 is 4.92 Å². The molecular formula is C15H14BrNO4. The van der Waals surface area contributed by atoms with Gasteiger partial charge in [-0.15, -0.1) is 0 Å². The van der Waals surface area contributed by atoms with Crippen LogP contribution in [0.5, 0.6) is 5.75 Å². The lowest BCUT2D eigenvalue weighted by Gasteiger charge is -2.11. The molecule has 0 aliphatic heterocycles. The van der Waals surface area contributed by atoms with Crippen LogP contribution in [0.3, 0.4) is 0 Å². The van der Waals surface area contributed by atoms with Crippen molar-refractivity contribution in [2.75, 3.05) is 6.61 Å². The highest BCUT2D eigenvalue weighted by molar-refractivity contribution is 9.10. The molecular weight excluding hydrogens is 338 g/mol. The van der Waals surface area contributed by atoms with Crippen LogP contribution in [-0.2, 0) is 13.0 Å². The number of hydrogen-bond acceptors (Lipinski definition) is 4. The third-order valence-electron chi connectivity index (χ3n) is 2.99. The first-order chi connectivity index (χ1) is 10.1. The van der Waals surface area contributed by atoms with Crippen molar-refractivity contribution in [3.8, 4) is 5.75 Å². The quantitative estimate of drug-likeness (QED) is 0.638. The predicted octanol–water partition coefficient (Wildman–Crippen LogP) is 3.47. The number of hydrogen-bond donors (Lipinski definition) is 1. The van der Waals surface area contributed by atoms with Crippen LogP contribution in [-0.4, -0.2) is 16.6 Å². The zero-order valence-electron chi connectivity index (χ0n) is 11.2. The summed E-state index contributed by atoms with van der Waals surface area (Å²) in [6.45, 7) is 0.256. The van der Waals surface area contributed by atoms with Gasteiger partial charge in [0, 0.05) is 18.2 Å². The average Bonchev–Trinajstić information content (AvgIpc) is 2.47. The number of benzene rings is 2. The van der Waals surface area contributed by atoms with Gasteiger partial charge in [-0.05, 0) is 34.0 Å². The van der Waals surface area contributed by atoms with Gasteiger partial charge in [-0.25, -0.2) is 0 Å². The Morgan fingerprint density at radius 3 is 2.57 bits per heavy atom. The molecule has 0 saturated carbocycles. The fraction of sp³-hybridized carbons (Fsp3) is 0.200. The molecule has 1 N–H and O–H groups in total. The van der Waals surface area contributed by atoms with Crippen molar-refractivity contribution >= 4 is 21.6 Å². The third kappa shape index (κ3) is 3.80. The molecule has 0 radical (unpaired) electrons. The Hall–Kier alpha value is -1.92. The average molecular weight is 352 g/mol. The molecule has 110 valence electrons. The lowest BCUT2D eigenvalue weighted by atomic mass is 10.1. The van der Waals surface area contributed by atoms with Crippen LogP contribution in [0.25, 0.3) is 0 Å². The van der Waals surface area contributed by atoms with E-state index in [0.717, 1.165) is 5.56 Å². The number of aliphatic hydroxyl groups is 1. The van der Waals surface area contributed by atoms with Gasteiger partial charge >= 0.3 is 0 Å². The van der Waals surface area contributed by atoms with Gasteiger partial charge in [0.1, 0.15) is 16.8 Å². The minimum absolute atomic E-state index is 0.0137. The molecule has 6 heteroatoms. The summed E-state index contributed by atoms with van der Waals surface area (Å²) >= 11 is 3.24. The molecule has 0 aliphatic rings. The molecule has 0 saturated heterocycles. The maximum absolute atomic E-state index is 10.9. The van der Waals surface area contributed by atoms with E-state index in [-0.39, 0.29) is 18.9 Å². The smallest absolute Gasteiger partial charge is 0.283 e. The number of nitro groups is 1. The summed E-state index contributed by atoms with van der Waals surface area (Å²) in [5.74, 6) is 0.671. The van der Waals surface area contributed by atoms with E-state index in [1.807, 2.05) is 24.3 Å². The molecule has 21 heavy (non-hydrogen) atoms. The highest BCUT2D eigenvalue weighted by Crippen LogP contribution is 2.29. The van der Waals surface area contributed by atoms with Crippen molar-refractivity contribution in [3.63, 3.8) is 0 Å². The predicted molar refractivity (Wildman–Crippen MR) is 82.4 cm³/mol. The van der Waals surface area contributed by atoms with Crippen LogP contribution in [0.15, 0.2) is 46.9 Å². The first-order valence-corrected chi connectivity index (χ1v) is 7.16. The molecule has 5 nitrogen and oxygen atoms in total. The molecule has 0 aliphatic carbocycles. The second kappa shape index (κ2) is 7.19. The third-order valence-corrected chi connectivity index (χ3v) is 3.91. The van der Waals surface area contributed by atoms with Crippen molar-refractivity contribution in [1.29, 1.82) is 0 Å². The summed E-state index contributed by atoms with van der Waals surface area (Å²) in [6.07, 6.45) is 0.506. The number of ether oxygens (including phenoxy) is 1. The monoisotopic (exact) mass is 351 g/mol. The number of nitrogens with zero attached hydrogens (tertiary/aromatic N) is 1. The molecule has 0 bridgehead atoms. The minimum atomic E-state index is -0.437. The zero-order chi connectivity index (χ0) is 15.2. The van der Waals surface area contributed by atoms with Crippen LogP contribution >= 0.6 is 15.9 Å². The Labute approximate surface area is 130 Å². The lowest BCUT2D eigenvalue weighted by molar-refractivity contribution is -0.385. The van der Waals surface area contributed by atoms with Gasteiger partial charge in [-0.1, -0.05) is 30.3 Å². The van der Waals surface area contributed by atoms with E-state index in [1.165, 1.54) is 6.07 Å². The molecule has 2 rings (SSSR count). The Morgan fingerprint density at radius 1 is 1.14 bits per heavy atom. The van der Waals surface area contributed by atoms with Gasteiger partial charge in [0.05, 0.1) is 4.92 Å². The number of aliphatic hydroxyl groups excluding tert-OH is 1. The van der Waals surface area contributed by atoms with Crippen molar-refractivity contribution in [1.82, 2.24) is 0 Å². The van der Waals surface area contributed by atoms with Gasteiger partial charge in [0.2, 0.25) is 0 Å². The first-order valence-electron chi connectivity index (χ1n) is 6.37. The molecule has 0 fully saturated rings. The SMILES string of the molecule is O=[N+]([O-])c1cccc(COc2ccccc2CCO)c1Br. The number of rotatable bonds is 6. The van der Waals surface area contributed by atoms with Crippen LogP contribution in [0, 0.1) is 10.1 Å². The standard InChI is InChI=1S/C15H14BrNO4/c16-15-12(5-3-6-13(15)17(19)20)10-21-14-7-2-1-4-11(14)8-9-18/h1-7,18H,8-10H2. The Kier molecular flexibility index (Phi) is 5.30. The Morgan fingerprint density at radius 2 is 1.86 bits per heavy atom. The van der Waals surface area contributed by atoms with Gasteiger partial charge in [-0.3, -0.25) is 10.1 Å². The summed E-state index contributed by atoms with van der Waals surface area (Å²) in [5.41, 5.74) is 1.62. The molecule has 0 unspecified atom stereocenters. The second-order valence-electron chi connectivity index (χ2n) is 4.38. The summed E-state index contributed by atoms with van der Waals surface area (Å²) in [4.78, 5) is 10.5. The summed E-state index contributed by atoms with van der Waals surface area (Å²) in [5, 5.41) is 19.9. The van der Waals surface area contributed by atoms with Crippen molar-refractivity contribution in [3.05, 3.63) is 68.2 Å². The van der Waals surface area contributed by atoms with E-state index in [0.29, 0.717) is 22.2 Å². The van der Waals surface area contributed by atoms with E-state index in [1.54, 1.807) is 12.1 Å². The summed E-state index contributed by atoms with van der Waals surface area (Å²) in [7, 11) is 0. The van der Waals surface area contributed by atoms with E-state index in [2.05, 4.69) is 15.9 Å². The van der Waals surface area contributed by atoms with Crippen LogP contribution in [0.1, 0.15) is 11.1 Å². The molecule has 2 aromatic rings. The number of para-hydroxylation sites is 1. The normalized spacial score (nSPS) is 10.4. The highest BCUT2D eigenvalue weighted by Gasteiger charge is 2.15. The molecule has 0 atom stereocenters. The molecule has 2 aromatic carbocycles. The topological polar surface area (TPSA) is 72.6 Å².